The van der Waals surface area contributed by atoms with Gasteiger partial charge in [0, 0.05) is 16.6 Å². The van der Waals surface area contributed by atoms with Crippen LogP contribution in [0.5, 0.6) is 5.75 Å². The van der Waals surface area contributed by atoms with Crippen LogP contribution in [-0.2, 0) is 6.54 Å². The van der Waals surface area contributed by atoms with E-state index in [9.17, 15) is 4.39 Å². The lowest BCUT2D eigenvalue weighted by Crippen LogP contribution is -2.09. The van der Waals surface area contributed by atoms with Crippen LogP contribution in [0.4, 0.5) is 27.9 Å². The van der Waals surface area contributed by atoms with Crippen molar-refractivity contribution in [1.82, 2.24) is 15.0 Å². The number of nitrogens with zero attached hydrogens (tertiary/aromatic N) is 3. The molecule has 3 rings (SSSR count). The maximum absolute atomic E-state index is 13.7. The number of methoxy groups -OCH3 is 1. The molecule has 2 heterocycles. The molecule has 0 unspecified atom stereocenters. The molecule has 4 N–H and O–H groups in total. The molecule has 124 valence electrons. The molecule has 0 aliphatic carbocycles. The molecule has 0 bridgehead atoms. The first-order valence-corrected chi connectivity index (χ1v) is 7.90. The number of halogens is 1. The summed E-state index contributed by atoms with van der Waals surface area (Å²) < 4.78 is 18.6. The topological polar surface area (TPSA) is 98.0 Å². The lowest BCUT2D eigenvalue weighted by molar-refractivity contribution is 0.386. The smallest absolute Gasteiger partial charge is 0.233 e. The van der Waals surface area contributed by atoms with E-state index in [0.717, 1.165) is 4.88 Å². The van der Waals surface area contributed by atoms with E-state index >= 15 is 0 Å². The van der Waals surface area contributed by atoms with Crippen LogP contribution in [0.15, 0.2) is 35.7 Å². The monoisotopic (exact) mass is 346 g/mol. The SMILES string of the molecule is COc1ccc(Nc2nc(N)nc(NCc3cccs3)n2)cc1F. The minimum absolute atomic E-state index is 0.0650. The Hall–Kier alpha value is -2.94. The molecule has 3 aromatic rings. The van der Waals surface area contributed by atoms with Crippen LogP contribution in [0.2, 0.25) is 0 Å². The summed E-state index contributed by atoms with van der Waals surface area (Å²) in [6, 6.07) is 8.42. The maximum atomic E-state index is 13.7. The molecule has 24 heavy (non-hydrogen) atoms. The molecule has 0 aliphatic rings. The second-order valence-corrected chi connectivity index (χ2v) is 5.78. The van der Waals surface area contributed by atoms with Crippen molar-refractivity contribution in [1.29, 1.82) is 0 Å². The van der Waals surface area contributed by atoms with Crippen LogP contribution in [0.1, 0.15) is 4.88 Å². The average molecular weight is 346 g/mol. The summed E-state index contributed by atoms with van der Waals surface area (Å²) in [5.74, 6) is 0.304. The van der Waals surface area contributed by atoms with Gasteiger partial charge in [0.2, 0.25) is 17.8 Å². The van der Waals surface area contributed by atoms with Crippen LogP contribution >= 0.6 is 11.3 Å². The van der Waals surface area contributed by atoms with Gasteiger partial charge in [0.1, 0.15) is 0 Å². The summed E-state index contributed by atoms with van der Waals surface area (Å²) in [6.45, 7) is 0.581. The number of nitrogens with one attached hydrogen (secondary N) is 2. The lowest BCUT2D eigenvalue weighted by Gasteiger charge is -2.09. The van der Waals surface area contributed by atoms with Gasteiger partial charge in [-0.1, -0.05) is 6.07 Å². The number of hydrogen-bond donors (Lipinski definition) is 3. The van der Waals surface area contributed by atoms with Crippen molar-refractivity contribution in [2.75, 3.05) is 23.5 Å². The number of nitrogens with two attached hydrogens (primary N) is 1. The average Bonchev–Trinajstić information content (AvgIpc) is 3.06. The molecule has 0 aliphatic heterocycles. The Morgan fingerprint density at radius 1 is 1.21 bits per heavy atom. The quantitative estimate of drug-likeness (QED) is 0.631. The normalized spacial score (nSPS) is 10.4. The molecule has 0 atom stereocenters. The van der Waals surface area contributed by atoms with Crippen molar-refractivity contribution in [3.63, 3.8) is 0 Å². The van der Waals surface area contributed by atoms with Crippen molar-refractivity contribution in [2.45, 2.75) is 6.54 Å². The number of ether oxygens (including phenoxy) is 1. The number of rotatable bonds is 6. The third-order valence-corrected chi connectivity index (χ3v) is 3.94. The van der Waals surface area contributed by atoms with Gasteiger partial charge in [0.05, 0.1) is 13.7 Å². The highest BCUT2D eigenvalue weighted by Crippen LogP contribution is 2.23. The summed E-state index contributed by atoms with van der Waals surface area (Å²) in [7, 11) is 1.41. The van der Waals surface area contributed by atoms with Crippen LogP contribution in [0.25, 0.3) is 0 Å². The Labute approximate surface area is 141 Å². The Morgan fingerprint density at radius 2 is 2.04 bits per heavy atom. The molecule has 1 aromatic carbocycles. The van der Waals surface area contributed by atoms with Gasteiger partial charge in [0.25, 0.3) is 0 Å². The maximum Gasteiger partial charge on any atom is 0.233 e. The number of hydrogen-bond acceptors (Lipinski definition) is 8. The fourth-order valence-electron chi connectivity index (χ4n) is 1.98. The lowest BCUT2D eigenvalue weighted by atomic mass is 10.3. The first-order chi connectivity index (χ1) is 11.6. The van der Waals surface area contributed by atoms with E-state index in [4.69, 9.17) is 10.5 Å². The first-order valence-electron chi connectivity index (χ1n) is 7.02. The summed E-state index contributed by atoms with van der Waals surface area (Å²) in [4.78, 5) is 13.4. The number of aromatic nitrogens is 3. The molecule has 0 saturated carbocycles. The van der Waals surface area contributed by atoms with Gasteiger partial charge in [-0.25, -0.2) is 4.39 Å². The van der Waals surface area contributed by atoms with Crippen LogP contribution in [0.3, 0.4) is 0 Å². The van der Waals surface area contributed by atoms with E-state index in [1.807, 2.05) is 17.5 Å². The molecule has 0 fully saturated rings. The molecule has 9 heteroatoms. The zero-order valence-corrected chi connectivity index (χ0v) is 13.6. The summed E-state index contributed by atoms with van der Waals surface area (Å²) in [5, 5.41) is 7.96. The van der Waals surface area contributed by atoms with Crippen LogP contribution < -0.4 is 21.1 Å². The van der Waals surface area contributed by atoms with Gasteiger partial charge in [-0.15, -0.1) is 11.3 Å². The fourth-order valence-corrected chi connectivity index (χ4v) is 2.62. The van der Waals surface area contributed by atoms with Gasteiger partial charge in [-0.3, -0.25) is 0 Å². The van der Waals surface area contributed by atoms with Crippen molar-refractivity contribution < 1.29 is 9.13 Å². The minimum atomic E-state index is -0.486. The summed E-state index contributed by atoms with van der Waals surface area (Å²) >= 11 is 1.62. The molecule has 0 amide bonds. The van der Waals surface area contributed by atoms with Crippen LogP contribution in [0, 0.1) is 5.82 Å². The predicted octanol–water partition coefficient (Wildman–Crippen LogP) is 3.02. The highest BCUT2D eigenvalue weighted by molar-refractivity contribution is 7.09. The summed E-state index contributed by atoms with van der Waals surface area (Å²) in [6.07, 6.45) is 0. The van der Waals surface area contributed by atoms with Gasteiger partial charge in [-0.05, 0) is 23.6 Å². The van der Waals surface area contributed by atoms with E-state index < -0.39 is 5.82 Å². The second-order valence-electron chi connectivity index (χ2n) is 4.75. The van der Waals surface area contributed by atoms with Crippen molar-refractivity contribution in [2.24, 2.45) is 0 Å². The molecular weight excluding hydrogens is 331 g/mol. The Morgan fingerprint density at radius 3 is 2.75 bits per heavy atom. The van der Waals surface area contributed by atoms with E-state index in [1.165, 1.54) is 19.2 Å². The number of nitrogen functional groups attached to an aromatic ring is 1. The Bertz CT molecular complexity index is 827. The first kappa shape index (κ1) is 15.9. The zero-order valence-electron chi connectivity index (χ0n) is 12.8. The molecular formula is C15H15FN6OS. The van der Waals surface area contributed by atoms with Crippen molar-refractivity contribution in [3.8, 4) is 5.75 Å². The van der Waals surface area contributed by atoms with Gasteiger partial charge in [-0.2, -0.15) is 15.0 Å². The third-order valence-electron chi connectivity index (χ3n) is 3.06. The number of benzene rings is 1. The molecule has 2 aromatic heterocycles. The third kappa shape index (κ3) is 3.87. The van der Waals surface area contributed by atoms with E-state index in [2.05, 4.69) is 25.6 Å². The molecule has 0 spiro atoms. The van der Waals surface area contributed by atoms with E-state index in [1.54, 1.807) is 17.4 Å². The predicted molar refractivity (Wildman–Crippen MR) is 92.1 cm³/mol. The highest BCUT2D eigenvalue weighted by atomic mass is 32.1. The highest BCUT2D eigenvalue weighted by Gasteiger charge is 2.08. The minimum Gasteiger partial charge on any atom is -0.494 e. The number of thiophene rings is 1. The van der Waals surface area contributed by atoms with E-state index in [0.29, 0.717) is 18.2 Å². The Kier molecular flexibility index (Phi) is 4.71. The molecule has 0 saturated heterocycles. The zero-order chi connectivity index (χ0) is 16.9. The van der Waals surface area contributed by atoms with E-state index in [-0.39, 0.29) is 17.6 Å². The second kappa shape index (κ2) is 7.09. The van der Waals surface area contributed by atoms with Gasteiger partial charge < -0.3 is 21.1 Å². The molecule has 7 nitrogen and oxygen atoms in total. The standard InChI is InChI=1S/C15H15FN6OS/c1-23-12-5-4-9(7-11(12)16)19-15-21-13(17)20-14(22-15)18-8-10-3-2-6-24-10/h2-7H,8H2,1H3,(H4,17,18,19,20,21,22). The summed E-state index contributed by atoms with van der Waals surface area (Å²) in [5.41, 5.74) is 6.18. The largest absolute Gasteiger partial charge is 0.494 e. The van der Waals surface area contributed by atoms with Crippen molar-refractivity contribution in [3.05, 3.63) is 46.4 Å². The number of anilines is 4. The van der Waals surface area contributed by atoms with Gasteiger partial charge >= 0.3 is 0 Å². The van der Waals surface area contributed by atoms with Crippen molar-refractivity contribution >= 4 is 34.9 Å². The molecule has 0 radical (unpaired) electrons. The van der Waals surface area contributed by atoms with Gasteiger partial charge in [0.15, 0.2) is 11.6 Å². The fraction of sp³-hybridized carbons (Fsp3) is 0.133. The Balaban J connectivity index is 1.74. The van der Waals surface area contributed by atoms with Crippen LogP contribution in [-0.4, -0.2) is 22.1 Å².